The third-order valence-electron chi connectivity index (χ3n) is 3.40. The van der Waals surface area contributed by atoms with E-state index in [-0.39, 0.29) is 11.1 Å². The van der Waals surface area contributed by atoms with Crippen LogP contribution in [-0.4, -0.2) is 5.71 Å². The third kappa shape index (κ3) is 2.08. The van der Waals surface area contributed by atoms with Gasteiger partial charge in [0.15, 0.2) is 0 Å². The number of rotatable bonds is 1. The molecule has 0 spiro atoms. The number of nitriles is 2. The van der Waals surface area contributed by atoms with Gasteiger partial charge in [-0.1, -0.05) is 6.07 Å². The number of hydrogen-bond donors (Lipinski definition) is 0. The first-order chi connectivity index (χ1) is 9.51. The Bertz CT molecular complexity index is 685. The maximum absolute atomic E-state index is 14.0. The van der Waals surface area contributed by atoms with Crippen molar-refractivity contribution in [3.63, 3.8) is 0 Å². The van der Waals surface area contributed by atoms with Crippen LogP contribution in [0.3, 0.4) is 0 Å². The highest BCUT2D eigenvalue weighted by molar-refractivity contribution is 5.90. The van der Waals surface area contributed by atoms with Crippen LogP contribution in [0.25, 0.3) is 0 Å². The molecule has 2 rings (SSSR count). The van der Waals surface area contributed by atoms with Crippen molar-refractivity contribution in [3.05, 3.63) is 46.7 Å². The van der Waals surface area contributed by atoms with E-state index < -0.39 is 23.5 Å². The fourth-order valence-corrected chi connectivity index (χ4v) is 2.46. The molecule has 5 heteroatoms. The monoisotopic (exact) mass is 271 g/mol. The van der Waals surface area contributed by atoms with Gasteiger partial charge in [-0.25, -0.2) is 8.78 Å². The highest BCUT2D eigenvalue weighted by Crippen LogP contribution is 2.40. The van der Waals surface area contributed by atoms with Crippen molar-refractivity contribution in [2.75, 3.05) is 0 Å². The molecule has 100 valence electrons. The van der Waals surface area contributed by atoms with E-state index in [0.29, 0.717) is 11.4 Å². The lowest BCUT2D eigenvalue weighted by molar-refractivity contribution is 0.526. The summed E-state index contributed by atoms with van der Waals surface area (Å²) in [6.07, 6.45) is 0. The zero-order valence-corrected chi connectivity index (χ0v) is 11.0. The van der Waals surface area contributed by atoms with Crippen LogP contribution in [0.2, 0.25) is 0 Å². The van der Waals surface area contributed by atoms with Gasteiger partial charge in [0, 0.05) is 17.2 Å². The molecule has 1 aliphatic rings. The highest BCUT2D eigenvalue weighted by Gasteiger charge is 2.37. The fraction of sp³-hybridized carbons (Fsp3) is 0.267. The van der Waals surface area contributed by atoms with E-state index in [4.69, 9.17) is 0 Å². The van der Waals surface area contributed by atoms with Crippen molar-refractivity contribution in [2.24, 2.45) is 10.9 Å². The molecule has 1 heterocycles. The van der Waals surface area contributed by atoms with Crippen molar-refractivity contribution in [2.45, 2.75) is 19.8 Å². The number of aliphatic imine (C=N–C) groups is 1. The van der Waals surface area contributed by atoms with Gasteiger partial charge in [0.2, 0.25) is 0 Å². The quantitative estimate of drug-likeness (QED) is 0.785. The molecule has 0 radical (unpaired) electrons. The lowest BCUT2D eigenvalue weighted by atomic mass is 9.76. The SMILES string of the molecule is CC1=NC(C)=C(C#N)[C@H](c2c(F)cccc2F)C1C#N. The van der Waals surface area contributed by atoms with E-state index in [2.05, 4.69) is 4.99 Å². The summed E-state index contributed by atoms with van der Waals surface area (Å²) in [4.78, 5) is 4.13. The van der Waals surface area contributed by atoms with Gasteiger partial charge in [-0.05, 0) is 26.0 Å². The van der Waals surface area contributed by atoms with Crippen LogP contribution in [-0.2, 0) is 0 Å². The molecule has 3 nitrogen and oxygen atoms in total. The fourth-order valence-electron chi connectivity index (χ4n) is 2.46. The Morgan fingerprint density at radius 1 is 1.15 bits per heavy atom. The number of hydrogen-bond acceptors (Lipinski definition) is 3. The van der Waals surface area contributed by atoms with Crippen molar-refractivity contribution in [1.29, 1.82) is 10.5 Å². The largest absolute Gasteiger partial charge is 0.260 e. The zero-order valence-electron chi connectivity index (χ0n) is 11.0. The van der Waals surface area contributed by atoms with Gasteiger partial charge in [-0.15, -0.1) is 0 Å². The maximum atomic E-state index is 14.0. The molecule has 20 heavy (non-hydrogen) atoms. The van der Waals surface area contributed by atoms with Crippen molar-refractivity contribution >= 4 is 5.71 Å². The molecule has 1 unspecified atom stereocenters. The molecule has 2 atom stereocenters. The van der Waals surface area contributed by atoms with Crippen molar-refractivity contribution in [3.8, 4) is 12.1 Å². The smallest absolute Gasteiger partial charge is 0.130 e. The van der Waals surface area contributed by atoms with Gasteiger partial charge in [-0.2, -0.15) is 10.5 Å². The molecule has 0 bridgehead atoms. The second-order valence-corrected chi connectivity index (χ2v) is 4.58. The van der Waals surface area contributed by atoms with Crippen LogP contribution in [0.1, 0.15) is 25.3 Å². The predicted molar refractivity (Wildman–Crippen MR) is 69.6 cm³/mol. The Morgan fingerprint density at radius 3 is 2.25 bits per heavy atom. The summed E-state index contributed by atoms with van der Waals surface area (Å²) in [5.74, 6) is -3.32. The molecule has 0 saturated heterocycles. The molecule has 0 saturated carbocycles. The van der Waals surface area contributed by atoms with E-state index in [1.807, 2.05) is 12.1 Å². The van der Waals surface area contributed by atoms with Gasteiger partial charge in [0.25, 0.3) is 0 Å². The Labute approximate surface area is 115 Å². The first-order valence-electron chi connectivity index (χ1n) is 6.00. The molecule has 0 N–H and O–H groups in total. The second kappa shape index (κ2) is 5.22. The standard InChI is InChI=1S/C15H11F2N3/c1-8-10(6-18)14(11(7-19)9(2)20-8)15-12(16)4-3-5-13(15)17/h3-5,10,14H,1-2H3/t10?,14-/m1/s1. The van der Waals surface area contributed by atoms with Gasteiger partial charge in [0.1, 0.15) is 11.6 Å². The summed E-state index contributed by atoms with van der Waals surface area (Å²) >= 11 is 0. The molecule has 0 amide bonds. The Morgan fingerprint density at radius 2 is 1.75 bits per heavy atom. The molecule has 0 fully saturated rings. The van der Waals surface area contributed by atoms with Crippen LogP contribution >= 0.6 is 0 Å². The van der Waals surface area contributed by atoms with E-state index in [1.165, 1.54) is 6.07 Å². The normalized spacial score (nSPS) is 22.0. The van der Waals surface area contributed by atoms with E-state index in [0.717, 1.165) is 12.1 Å². The molecule has 0 aromatic heterocycles. The van der Waals surface area contributed by atoms with Crippen LogP contribution in [0.5, 0.6) is 0 Å². The van der Waals surface area contributed by atoms with Gasteiger partial charge < -0.3 is 0 Å². The van der Waals surface area contributed by atoms with Gasteiger partial charge in [-0.3, -0.25) is 4.99 Å². The minimum absolute atomic E-state index is 0.131. The van der Waals surface area contributed by atoms with Crippen molar-refractivity contribution < 1.29 is 8.78 Å². The molecular weight excluding hydrogens is 260 g/mol. The average molecular weight is 271 g/mol. The third-order valence-corrected chi connectivity index (χ3v) is 3.40. The van der Waals surface area contributed by atoms with E-state index in [1.54, 1.807) is 13.8 Å². The van der Waals surface area contributed by atoms with Gasteiger partial charge in [0.05, 0.1) is 29.3 Å². The van der Waals surface area contributed by atoms with E-state index >= 15 is 0 Å². The summed E-state index contributed by atoms with van der Waals surface area (Å²) in [6, 6.07) is 7.42. The lowest BCUT2D eigenvalue weighted by Crippen LogP contribution is -2.26. The number of nitrogens with zero attached hydrogens (tertiary/aromatic N) is 3. The first kappa shape index (κ1) is 13.9. The second-order valence-electron chi connectivity index (χ2n) is 4.58. The summed E-state index contributed by atoms with van der Waals surface area (Å²) in [6.45, 7) is 3.22. The summed E-state index contributed by atoms with van der Waals surface area (Å²) < 4.78 is 28.0. The minimum Gasteiger partial charge on any atom is -0.260 e. The lowest BCUT2D eigenvalue weighted by Gasteiger charge is -2.27. The zero-order chi connectivity index (χ0) is 14.9. The summed E-state index contributed by atoms with van der Waals surface area (Å²) in [5, 5.41) is 18.5. The minimum atomic E-state index is -0.955. The maximum Gasteiger partial charge on any atom is 0.130 e. The summed E-state index contributed by atoms with van der Waals surface area (Å²) in [5.41, 5.74) is 0.733. The Balaban J connectivity index is 2.73. The Hall–Kier alpha value is -2.53. The van der Waals surface area contributed by atoms with Crippen LogP contribution in [0, 0.1) is 40.2 Å². The van der Waals surface area contributed by atoms with Gasteiger partial charge >= 0.3 is 0 Å². The summed E-state index contributed by atoms with van der Waals surface area (Å²) in [7, 11) is 0. The molecular formula is C15H11F2N3. The number of halogens is 2. The van der Waals surface area contributed by atoms with E-state index in [9.17, 15) is 19.3 Å². The van der Waals surface area contributed by atoms with Crippen LogP contribution < -0.4 is 0 Å². The molecule has 1 aromatic carbocycles. The average Bonchev–Trinajstić information content (AvgIpc) is 2.38. The Kier molecular flexibility index (Phi) is 3.63. The topological polar surface area (TPSA) is 59.9 Å². The molecule has 1 aromatic rings. The molecule has 1 aliphatic heterocycles. The number of allylic oxidation sites excluding steroid dienone is 2. The predicted octanol–water partition coefficient (Wildman–Crippen LogP) is 3.46. The molecule has 0 aliphatic carbocycles. The van der Waals surface area contributed by atoms with Crippen LogP contribution in [0.4, 0.5) is 8.78 Å². The van der Waals surface area contributed by atoms with Crippen molar-refractivity contribution in [1.82, 2.24) is 0 Å². The highest BCUT2D eigenvalue weighted by atomic mass is 19.1. The van der Waals surface area contributed by atoms with Crippen LogP contribution in [0.15, 0.2) is 34.5 Å². The first-order valence-corrected chi connectivity index (χ1v) is 6.00. The number of benzene rings is 1.